The van der Waals surface area contributed by atoms with E-state index in [1.54, 1.807) is 6.07 Å². The first-order valence-electron chi connectivity index (χ1n) is 9.66. The normalized spacial score (nSPS) is 18.1. The molecular formula is C22H24ClFN4. The Morgan fingerprint density at radius 1 is 1.04 bits per heavy atom. The molecule has 1 saturated heterocycles. The molecule has 0 aliphatic carbocycles. The number of pyridine rings is 1. The molecule has 6 heteroatoms. The van der Waals surface area contributed by atoms with Gasteiger partial charge in [-0.1, -0.05) is 29.8 Å². The molecule has 2 aliphatic heterocycles. The molecule has 0 atom stereocenters. The number of anilines is 1. The molecule has 1 aromatic carbocycles. The Morgan fingerprint density at radius 2 is 1.89 bits per heavy atom. The quantitative estimate of drug-likeness (QED) is 0.765. The Hall–Kier alpha value is -2.37. The van der Waals surface area contributed by atoms with E-state index in [4.69, 9.17) is 11.6 Å². The lowest BCUT2D eigenvalue weighted by molar-refractivity contribution is 0.269. The van der Waals surface area contributed by atoms with Crippen molar-refractivity contribution in [3.8, 4) is 0 Å². The van der Waals surface area contributed by atoms with E-state index in [0.29, 0.717) is 5.02 Å². The summed E-state index contributed by atoms with van der Waals surface area (Å²) in [6.45, 7) is 5.51. The van der Waals surface area contributed by atoms with Gasteiger partial charge in [-0.25, -0.2) is 4.39 Å². The second-order valence-electron chi connectivity index (χ2n) is 7.12. The topological polar surface area (TPSA) is 22.6 Å². The largest absolute Gasteiger partial charge is 0.357 e. The Morgan fingerprint density at radius 3 is 2.71 bits per heavy atom. The SMILES string of the molecule is Fc1ccc(CN2CCCN(C3=CC=CCN3c3ccncc3)CC2)c(Cl)c1. The minimum atomic E-state index is -0.288. The maximum absolute atomic E-state index is 13.3. The van der Waals surface area contributed by atoms with E-state index in [1.807, 2.05) is 24.5 Å². The monoisotopic (exact) mass is 398 g/mol. The zero-order valence-electron chi connectivity index (χ0n) is 15.8. The van der Waals surface area contributed by atoms with Crippen molar-refractivity contribution in [2.75, 3.05) is 37.6 Å². The molecule has 1 aromatic heterocycles. The van der Waals surface area contributed by atoms with Gasteiger partial charge in [-0.2, -0.15) is 0 Å². The minimum absolute atomic E-state index is 0.288. The van der Waals surface area contributed by atoms with Crippen LogP contribution in [-0.2, 0) is 6.54 Å². The van der Waals surface area contributed by atoms with Crippen LogP contribution in [0.15, 0.2) is 66.8 Å². The lowest BCUT2D eigenvalue weighted by Crippen LogP contribution is -2.39. The molecule has 0 saturated carbocycles. The van der Waals surface area contributed by atoms with Gasteiger partial charge in [0.15, 0.2) is 0 Å². The fourth-order valence-corrected chi connectivity index (χ4v) is 4.02. The molecule has 4 rings (SSSR count). The van der Waals surface area contributed by atoms with E-state index in [0.717, 1.165) is 56.9 Å². The molecule has 1 fully saturated rings. The zero-order valence-corrected chi connectivity index (χ0v) is 16.5. The van der Waals surface area contributed by atoms with Crippen LogP contribution in [0.5, 0.6) is 0 Å². The molecule has 3 heterocycles. The Labute approximate surface area is 170 Å². The fourth-order valence-electron chi connectivity index (χ4n) is 3.79. The van der Waals surface area contributed by atoms with Crippen LogP contribution in [0.1, 0.15) is 12.0 Å². The molecule has 0 radical (unpaired) electrons. The highest BCUT2D eigenvalue weighted by atomic mass is 35.5. The summed E-state index contributed by atoms with van der Waals surface area (Å²) in [4.78, 5) is 11.3. The first kappa shape index (κ1) is 19.0. The van der Waals surface area contributed by atoms with Crippen LogP contribution in [0, 0.1) is 5.82 Å². The second-order valence-corrected chi connectivity index (χ2v) is 7.53. The van der Waals surface area contributed by atoms with E-state index >= 15 is 0 Å². The smallest absolute Gasteiger partial charge is 0.124 e. The third-order valence-corrected chi connectivity index (χ3v) is 5.59. The molecule has 0 unspecified atom stereocenters. The number of rotatable bonds is 4. The minimum Gasteiger partial charge on any atom is -0.357 e. The van der Waals surface area contributed by atoms with E-state index in [-0.39, 0.29) is 5.82 Å². The van der Waals surface area contributed by atoms with Crippen molar-refractivity contribution < 1.29 is 4.39 Å². The molecule has 2 aliphatic rings. The highest BCUT2D eigenvalue weighted by Gasteiger charge is 2.22. The van der Waals surface area contributed by atoms with Crippen molar-refractivity contribution in [3.05, 3.63) is 83.2 Å². The average Bonchev–Trinajstić information content (AvgIpc) is 2.96. The molecular weight excluding hydrogens is 375 g/mol. The van der Waals surface area contributed by atoms with Gasteiger partial charge in [-0.3, -0.25) is 9.88 Å². The van der Waals surface area contributed by atoms with Crippen molar-refractivity contribution in [2.24, 2.45) is 0 Å². The van der Waals surface area contributed by atoms with Gasteiger partial charge in [-0.05, 0) is 42.3 Å². The molecule has 28 heavy (non-hydrogen) atoms. The van der Waals surface area contributed by atoms with Gasteiger partial charge in [0.2, 0.25) is 0 Å². The Balaban J connectivity index is 1.44. The van der Waals surface area contributed by atoms with Gasteiger partial charge in [0, 0.05) is 62.4 Å². The number of nitrogens with zero attached hydrogens (tertiary/aromatic N) is 4. The van der Waals surface area contributed by atoms with Crippen LogP contribution >= 0.6 is 11.6 Å². The lowest BCUT2D eigenvalue weighted by atomic mass is 10.2. The van der Waals surface area contributed by atoms with Crippen molar-refractivity contribution in [1.29, 1.82) is 0 Å². The predicted molar refractivity (Wildman–Crippen MR) is 112 cm³/mol. The maximum atomic E-state index is 13.3. The van der Waals surface area contributed by atoms with Crippen LogP contribution in [0.2, 0.25) is 5.02 Å². The van der Waals surface area contributed by atoms with E-state index in [2.05, 4.69) is 37.9 Å². The van der Waals surface area contributed by atoms with Crippen molar-refractivity contribution in [2.45, 2.75) is 13.0 Å². The highest BCUT2D eigenvalue weighted by Crippen LogP contribution is 2.25. The molecule has 0 bridgehead atoms. The lowest BCUT2D eigenvalue weighted by Gasteiger charge is -2.36. The molecule has 2 aromatic rings. The Bertz CT molecular complexity index is 868. The fraction of sp³-hybridized carbons (Fsp3) is 0.318. The number of hydrogen-bond donors (Lipinski definition) is 0. The number of aromatic nitrogens is 1. The molecule has 0 N–H and O–H groups in total. The van der Waals surface area contributed by atoms with Crippen LogP contribution < -0.4 is 4.90 Å². The van der Waals surface area contributed by atoms with E-state index in [1.165, 1.54) is 18.0 Å². The summed E-state index contributed by atoms with van der Waals surface area (Å²) in [6, 6.07) is 8.77. The standard InChI is InChI=1S/C22H24ClFN4/c23-21-16-19(24)6-5-18(21)17-26-11-3-12-27(15-14-26)22-4-1-2-13-28(22)20-7-9-25-10-8-20/h1-2,4-10,16H,3,11-15,17H2. The van der Waals surface area contributed by atoms with Gasteiger partial charge in [0.1, 0.15) is 11.6 Å². The van der Waals surface area contributed by atoms with Gasteiger partial charge in [0.25, 0.3) is 0 Å². The summed E-state index contributed by atoms with van der Waals surface area (Å²) in [5, 5.41) is 0.505. The molecule has 0 spiro atoms. The first-order chi connectivity index (χ1) is 13.7. The molecule has 0 amide bonds. The van der Waals surface area contributed by atoms with Gasteiger partial charge in [-0.15, -0.1) is 0 Å². The molecule has 4 nitrogen and oxygen atoms in total. The summed E-state index contributed by atoms with van der Waals surface area (Å²) in [5.74, 6) is 0.944. The van der Waals surface area contributed by atoms with Gasteiger partial charge >= 0.3 is 0 Å². The van der Waals surface area contributed by atoms with E-state index in [9.17, 15) is 4.39 Å². The first-order valence-corrected chi connectivity index (χ1v) is 10.0. The predicted octanol–water partition coefficient (Wildman–Crippen LogP) is 4.30. The highest BCUT2D eigenvalue weighted by molar-refractivity contribution is 6.31. The number of hydrogen-bond acceptors (Lipinski definition) is 4. The summed E-state index contributed by atoms with van der Waals surface area (Å²) in [6.07, 6.45) is 11.2. The van der Waals surface area contributed by atoms with Crippen molar-refractivity contribution in [1.82, 2.24) is 14.8 Å². The van der Waals surface area contributed by atoms with Crippen molar-refractivity contribution in [3.63, 3.8) is 0 Å². The third-order valence-electron chi connectivity index (χ3n) is 5.24. The summed E-state index contributed by atoms with van der Waals surface area (Å²) in [7, 11) is 0. The summed E-state index contributed by atoms with van der Waals surface area (Å²) < 4.78 is 13.3. The van der Waals surface area contributed by atoms with Crippen LogP contribution in [0.3, 0.4) is 0 Å². The van der Waals surface area contributed by atoms with Crippen LogP contribution in [0.25, 0.3) is 0 Å². The average molecular weight is 399 g/mol. The maximum Gasteiger partial charge on any atom is 0.124 e. The third kappa shape index (κ3) is 4.37. The number of allylic oxidation sites excluding steroid dienone is 2. The van der Waals surface area contributed by atoms with Crippen LogP contribution in [0.4, 0.5) is 10.1 Å². The van der Waals surface area contributed by atoms with E-state index < -0.39 is 0 Å². The number of benzene rings is 1. The van der Waals surface area contributed by atoms with Gasteiger partial charge < -0.3 is 9.80 Å². The summed E-state index contributed by atoms with van der Waals surface area (Å²) >= 11 is 6.22. The second kappa shape index (κ2) is 8.76. The van der Waals surface area contributed by atoms with Crippen molar-refractivity contribution >= 4 is 17.3 Å². The zero-order chi connectivity index (χ0) is 19.3. The number of halogens is 2. The summed E-state index contributed by atoms with van der Waals surface area (Å²) in [5.41, 5.74) is 2.14. The Kier molecular flexibility index (Phi) is 5.93. The molecule has 146 valence electrons. The van der Waals surface area contributed by atoms with Crippen LogP contribution in [-0.4, -0.2) is 47.5 Å². The van der Waals surface area contributed by atoms with Gasteiger partial charge in [0.05, 0.1) is 0 Å².